The molecule has 0 bridgehead atoms. The van der Waals surface area contributed by atoms with Gasteiger partial charge in [0.2, 0.25) is 6.10 Å². The molecule has 1 atom stereocenters. The number of carbonyl (C=O) groups is 2. The maximum Gasteiger partial charge on any atom is 0.317 e. The van der Waals surface area contributed by atoms with Gasteiger partial charge in [0.1, 0.15) is 5.75 Å². The lowest BCUT2D eigenvalue weighted by Crippen LogP contribution is -2.26. The number of hydrogen-bond donors (Lipinski definition) is 1. The van der Waals surface area contributed by atoms with Crippen LogP contribution in [0, 0.1) is 0 Å². The van der Waals surface area contributed by atoms with Crippen LogP contribution in [0.25, 0.3) is 0 Å². The van der Waals surface area contributed by atoms with Gasteiger partial charge >= 0.3 is 5.97 Å². The van der Waals surface area contributed by atoms with Gasteiger partial charge in [0, 0.05) is 22.2 Å². The summed E-state index contributed by atoms with van der Waals surface area (Å²) in [7, 11) is 1.56. The summed E-state index contributed by atoms with van der Waals surface area (Å²) in [4.78, 5) is 26.3. The summed E-state index contributed by atoms with van der Waals surface area (Å²) in [6.45, 7) is 0. The highest BCUT2D eigenvalue weighted by Crippen LogP contribution is 2.24. The summed E-state index contributed by atoms with van der Waals surface area (Å²) < 4.78 is 10.7. The van der Waals surface area contributed by atoms with Gasteiger partial charge in [0.15, 0.2) is 0 Å². The first-order chi connectivity index (χ1) is 14.2. The first-order valence-electron chi connectivity index (χ1n) is 9.03. The van der Waals surface area contributed by atoms with Gasteiger partial charge in [-0.15, -0.1) is 11.8 Å². The molecule has 0 fully saturated rings. The molecule has 5 nitrogen and oxygen atoms in total. The molecular formula is C23H21NO4S. The van der Waals surface area contributed by atoms with Crippen LogP contribution in [-0.4, -0.2) is 24.7 Å². The van der Waals surface area contributed by atoms with Crippen molar-refractivity contribution in [2.75, 3.05) is 18.2 Å². The van der Waals surface area contributed by atoms with Crippen LogP contribution in [0.2, 0.25) is 0 Å². The number of rotatable bonds is 8. The second kappa shape index (κ2) is 10.3. The Morgan fingerprint density at radius 1 is 0.931 bits per heavy atom. The number of hydrogen-bond acceptors (Lipinski definition) is 5. The number of esters is 1. The molecule has 3 aromatic carbocycles. The fraction of sp³-hybridized carbons (Fsp3) is 0.130. The number of carbonyl (C=O) groups excluding carboxylic acids is 2. The van der Waals surface area contributed by atoms with Crippen LogP contribution >= 0.6 is 11.8 Å². The average molecular weight is 407 g/mol. The van der Waals surface area contributed by atoms with Crippen molar-refractivity contribution in [3.63, 3.8) is 0 Å². The van der Waals surface area contributed by atoms with E-state index in [-0.39, 0.29) is 5.75 Å². The molecule has 6 heteroatoms. The van der Waals surface area contributed by atoms with Crippen LogP contribution in [0.15, 0.2) is 89.8 Å². The summed E-state index contributed by atoms with van der Waals surface area (Å²) in [5.41, 5.74) is 1.16. The summed E-state index contributed by atoms with van der Waals surface area (Å²) in [6.07, 6.45) is -1.05. The molecular weight excluding hydrogens is 386 g/mol. The van der Waals surface area contributed by atoms with Crippen molar-refractivity contribution in [2.45, 2.75) is 11.0 Å². The van der Waals surface area contributed by atoms with Crippen molar-refractivity contribution in [3.8, 4) is 5.75 Å². The third kappa shape index (κ3) is 6.12. The van der Waals surface area contributed by atoms with E-state index in [1.807, 2.05) is 36.4 Å². The van der Waals surface area contributed by atoms with Gasteiger partial charge in [-0.1, -0.05) is 54.6 Å². The Morgan fingerprint density at radius 3 is 2.31 bits per heavy atom. The lowest BCUT2D eigenvalue weighted by Gasteiger charge is -2.18. The van der Waals surface area contributed by atoms with E-state index in [1.165, 1.54) is 11.8 Å². The number of anilines is 1. The smallest absolute Gasteiger partial charge is 0.317 e. The molecule has 0 spiro atoms. The second-order valence-corrected chi connectivity index (χ2v) is 7.15. The van der Waals surface area contributed by atoms with Crippen LogP contribution < -0.4 is 10.1 Å². The normalized spacial score (nSPS) is 11.3. The van der Waals surface area contributed by atoms with Gasteiger partial charge in [0.25, 0.3) is 5.91 Å². The van der Waals surface area contributed by atoms with E-state index in [0.717, 1.165) is 4.90 Å². The Morgan fingerprint density at radius 2 is 1.62 bits per heavy atom. The van der Waals surface area contributed by atoms with Crippen molar-refractivity contribution in [1.82, 2.24) is 0 Å². The minimum Gasteiger partial charge on any atom is -0.497 e. The summed E-state index contributed by atoms with van der Waals surface area (Å²) >= 11 is 1.36. The lowest BCUT2D eigenvalue weighted by atomic mass is 10.1. The molecule has 148 valence electrons. The Balaban J connectivity index is 1.70. The molecule has 0 radical (unpaired) electrons. The zero-order valence-corrected chi connectivity index (χ0v) is 16.7. The number of nitrogens with one attached hydrogen (secondary N) is 1. The summed E-state index contributed by atoms with van der Waals surface area (Å²) in [5.74, 6) is -0.161. The van der Waals surface area contributed by atoms with Crippen LogP contribution in [0.3, 0.4) is 0 Å². The van der Waals surface area contributed by atoms with E-state index in [0.29, 0.717) is 17.0 Å². The molecule has 0 saturated heterocycles. The van der Waals surface area contributed by atoms with Crippen molar-refractivity contribution >= 4 is 29.3 Å². The molecule has 29 heavy (non-hydrogen) atoms. The van der Waals surface area contributed by atoms with E-state index in [4.69, 9.17) is 9.47 Å². The largest absolute Gasteiger partial charge is 0.497 e. The Bertz CT molecular complexity index is 947. The van der Waals surface area contributed by atoms with Crippen LogP contribution in [0.1, 0.15) is 11.7 Å². The Kier molecular flexibility index (Phi) is 7.30. The zero-order valence-electron chi connectivity index (χ0n) is 15.9. The quantitative estimate of drug-likeness (QED) is 0.433. The van der Waals surface area contributed by atoms with Gasteiger partial charge in [0.05, 0.1) is 12.9 Å². The first kappa shape index (κ1) is 20.5. The van der Waals surface area contributed by atoms with Crippen molar-refractivity contribution < 1.29 is 19.1 Å². The minimum atomic E-state index is -1.05. The van der Waals surface area contributed by atoms with Crippen molar-refractivity contribution in [3.05, 3.63) is 90.5 Å². The Hall–Kier alpha value is -3.25. The third-order valence-corrected chi connectivity index (χ3v) is 5.01. The predicted octanol–water partition coefficient (Wildman–Crippen LogP) is 4.71. The monoisotopic (exact) mass is 407 g/mol. The number of benzene rings is 3. The molecule has 0 aliphatic carbocycles. The van der Waals surface area contributed by atoms with Gasteiger partial charge in [-0.3, -0.25) is 9.59 Å². The highest BCUT2D eigenvalue weighted by atomic mass is 32.2. The molecule has 0 saturated carbocycles. The molecule has 0 unspecified atom stereocenters. The number of thioether (sulfide) groups is 1. The van der Waals surface area contributed by atoms with E-state index in [9.17, 15) is 9.59 Å². The summed E-state index contributed by atoms with van der Waals surface area (Å²) in [5, 5.41) is 2.79. The van der Waals surface area contributed by atoms with Crippen LogP contribution in [-0.2, 0) is 14.3 Å². The van der Waals surface area contributed by atoms with Gasteiger partial charge < -0.3 is 14.8 Å². The zero-order chi connectivity index (χ0) is 20.5. The Labute approximate surface area is 174 Å². The highest BCUT2D eigenvalue weighted by molar-refractivity contribution is 8.00. The molecule has 3 aromatic rings. The molecule has 0 heterocycles. The number of amides is 1. The lowest BCUT2D eigenvalue weighted by molar-refractivity contribution is -0.152. The topological polar surface area (TPSA) is 64.6 Å². The van der Waals surface area contributed by atoms with Crippen LogP contribution in [0.5, 0.6) is 5.75 Å². The average Bonchev–Trinajstić information content (AvgIpc) is 2.77. The van der Waals surface area contributed by atoms with E-state index in [2.05, 4.69) is 5.32 Å². The first-order valence-corrected chi connectivity index (χ1v) is 10.0. The van der Waals surface area contributed by atoms with Crippen molar-refractivity contribution in [1.29, 1.82) is 0 Å². The van der Waals surface area contributed by atoms with Crippen molar-refractivity contribution in [2.24, 2.45) is 0 Å². The standard InChI is InChI=1S/C23H21NO4S/c1-27-19-12-8-11-18(15-19)24-23(26)22(17-9-4-2-5-10-17)28-21(25)16-29-20-13-6-3-7-14-20/h2-15,22H,16H2,1H3,(H,24,26)/t22-/m0/s1. The maximum atomic E-state index is 12.9. The predicted molar refractivity (Wildman–Crippen MR) is 114 cm³/mol. The second-order valence-electron chi connectivity index (χ2n) is 6.10. The fourth-order valence-electron chi connectivity index (χ4n) is 2.63. The summed E-state index contributed by atoms with van der Waals surface area (Å²) in [6, 6.07) is 25.5. The fourth-order valence-corrected chi connectivity index (χ4v) is 3.34. The van der Waals surface area contributed by atoms with Gasteiger partial charge in [-0.2, -0.15) is 0 Å². The van der Waals surface area contributed by atoms with Gasteiger partial charge in [-0.05, 0) is 24.3 Å². The molecule has 0 aliphatic rings. The van der Waals surface area contributed by atoms with E-state index in [1.54, 1.807) is 55.6 Å². The molecule has 0 aromatic heterocycles. The molecule has 1 amide bonds. The molecule has 0 aliphatic heterocycles. The SMILES string of the molecule is COc1cccc(NC(=O)[C@@H](OC(=O)CSc2ccccc2)c2ccccc2)c1. The minimum absolute atomic E-state index is 0.111. The van der Waals surface area contributed by atoms with E-state index < -0.39 is 18.0 Å². The van der Waals surface area contributed by atoms with Crippen LogP contribution in [0.4, 0.5) is 5.69 Å². The third-order valence-electron chi connectivity index (χ3n) is 4.03. The number of methoxy groups -OCH3 is 1. The van der Waals surface area contributed by atoms with Gasteiger partial charge in [-0.25, -0.2) is 0 Å². The maximum absolute atomic E-state index is 12.9. The van der Waals surface area contributed by atoms with E-state index >= 15 is 0 Å². The highest BCUT2D eigenvalue weighted by Gasteiger charge is 2.25. The molecule has 3 rings (SSSR count). The number of ether oxygens (including phenoxy) is 2. The molecule has 1 N–H and O–H groups in total.